The van der Waals surface area contributed by atoms with Crippen LogP contribution in [-0.4, -0.2) is 35.3 Å². The number of aryl methyl sites for hydroxylation is 1. The van der Waals surface area contributed by atoms with Crippen molar-refractivity contribution in [1.82, 2.24) is 15.1 Å². The topological polar surface area (TPSA) is 73.2 Å². The van der Waals surface area contributed by atoms with E-state index in [-0.39, 0.29) is 11.3 Å². The number of hydrogen-bond donors (Lipinski definition) is 1. The average Bonchev–Trinajstić information content (AvgIpc) is 2.80. The van der Waals surface area contributed by atoms with Crippen molar-refractivity contribution in [1.29, 1.82) is 0 Å². The first-order valence-electron chi connectivity index (χ1n) is 6.83. The van der Waals surface area contributed by atoms with Crippen LogP contribution in [0.1, 0.15) is 43.4 Å². The lowest BCUT2D eigenvalue weighted by atomic mass is 9.92. The van der Waals surface area contributed by atoms with Gasteiger partial charge in [-0.1, -0.05) is 26.8 Å². The van der Waals surface area contributed by atoms with Crippen molar-refractivity contribution in [2.75, 3.05) is 13.7 Å². The molecule has 0 aliphatic heterocycles. The quantitative estimate of drug-likeness (QED) is 0.508. The summed E-state index contributed by atoms with van der Waals surface area (Å²) in [7, 11) is 3.07. The molecular formula is C15H23N3O3. The van der Waals surface area contributed by atoms with Gasteiger partial charge in [-0.2, -0.15) is 5.10 Å². The second-order valence-corrected chi connectivity index (χ2v) is 5.76. The van der Waals surface area contributed by atoms with E-state index in [9.17, 15) is 9.59 Å². The van der Waals surface area contributed by atoms with Gasteiger partial charge in [-0.05, 0) is 12.5 Å². The summed E-state index contributed by atoms with van der Waals surface area (Å²) in [6, 6.07) is 1.81. The van der Waals surface area contributed by atoms with E-state index in [0.29, 0.717) is 18.7 Å². The Balaban J connectivity index is 2.55. The van der Waals surface area contributed by atoms with Crippen molar-refractivity contribution in [2.24, 2.45) is 7.05 Å². The molecule has 0 radical (unpaired) electrons. The molecule has 1 aromatic heterocycles. The molecule has 6 nitrogen and oxygen atoms in total. The first-order valence-corrected chi connectivity index (χ1v) is 6.83. The Morgan fingerprint density at radius 2 is 2.10 bits per heavy atom. The van der Waals surface area contributed by atoms with E-state index in [4.69, 9.17) is 0 Å². The predicted molar refractivity (Wildman–Crippen MR) is 80.0 cm³/mol. The standard InChI is InChI=1S/C15H23N3O3/c1-15(2,3)12-10-11(18(4)17-12)14(20)16-9-7-6-8-13(19)21-5/h6,8,10H,7,9H2,1-5H3,(H,16,20)/b8-6+. The van der Waals surface area contributed by atoms with Gasteiger partial charge in [-0.15, -0.1) is 0 Å². The first-order chi connectivity index (χ1) is 9.75. The van der Waals surface area contributed by atoms with Crippen LogP contribution in [0.15, 0.2) is 18.2 Å². The third-order valence-electron chi connectivity index (χ3n) is 2.93. The summed E-state index contributed by atoms with van der Waals surface area (Å²) in [5.74, 6) is -0.574. The van der Waals surface area contributed by atoms with E-state index >= 15 is 0 Å². The zero-order chi connectivity index (χ0) is 16.0. The molecule has 0 unspecified atom stereocenters. The molecule has 0 aliphatic carbocycles. The van der Waals surface area contributed by atoms with Gasteiger partial charge in [-0.3, -0.25) is 9.48 Å². The van der Waals surface area contributed by atoms with Crippen LogP contribution in [0.25, 0.3) is 0 Å². The van der Waals surface area contributed by atoms with Crippen LogP contribution in [0.5, 0.6) is 0 Å². The number of amides is 1. The number of carbonyl (C=O) groups excluding carboxylic acids is 2. The molecular weight excluding hydrogens is 270 g/mol. The molecule has 1 amide bonds. The predicted octanol–water partition coefficient (Wildman–Crippen LogP) is 1.57. The summed E-state index contributed by atoms with van der Waals surface area (Å²) in [6.07, 6.45) is 3.56. The summed E-state index contributed by atoms with van der Waals surface area (Å²) in [6.45, 7) is 6.60. The Labute approximate surface area is 125 Å². The molecule has 1 aromatic rings. The van der Waals surface area contributed by atoms with Crippen molar-refractivity contribution in [3.05, 3.63) is 29.6 Å². The number of nitrogens with one attached hydrogen (secondary N) is 1. The first kappa shape index (κ1) is 16.9. The second-order valence-electron chi connectivity index (χ2n) is 5.76. The third-order valence-corrected chi connectivity index (χ3v) is 2.93. The van der Waals surface area contributed by atoms with Crippen LogP contribution in [0.2, 0.25) is 0 Å². The zero-order valence-corrected chi connectivity index (χ0v) is 13.3. The van der Waals surface area contributed by atoms with Gasteiger partial charge in [0.05, 0.1) is 12.8 Å². The van der Waals surface area contributed by atoms with Crippen LogP contribution in [-0.2, 0) is 22.0 Å². The normalized spacial score (nSPS) is 11.7. The molecule has 1 heterocycles. The maximum atomic E-state index is 12.1. The lowest BCUT2D eigenvalue weighted by Gasteiger charge is -2.13. The number of methoxy groups -OCH3 is 1. The molecule has 0 aromatic carbocycles. The lowest BCUT2D eigenvalue weighted by Crippen LogP contribution is -2.26. The summed E-state index contributed by atoms with van der Waals surface area (Å²) in [5, 5.41) is 7.16. The largest absolute Gasteiger partial charge is 0.466 e. The Kier molecular flexibility index (Phi) is 5.69. The highest BCUT2D eigenvalue weighted by Gasteiger charge is 2.21. The van der Waals surface area contributed by atoms with E-state index in [1.54, 1.807) is 23.9 Å². The lowest BCUT2D eigenvalue weighted by molar-refractivity contribution is -0.134. The average molecular weight is 293 g/mol. The number of aromatic nitrogens is 2. The minimum absolute atomic E-state index is 0.0977. The fourth-order valence-corrected chi connectivity index (χ4v) is 1.65. The van der Waals surface area contributed by atoms with Gasteiger partial charge in [0.1, 0.15) is 5.69 Å². The number of esters is 1. The molecule has 0 bridgehead atoms. The minimum atomic E-state index is -0.400. The summed E-state index contributed by atoms with van der Waals surface area (Å²) < 4.78 is 6.06. The van der Waals surface area contributed by atoms with Gasteiger partial charge in [0.25, 0.3) is 5.91 Å². The van der Waals surface area contributed by atoms with Crippen LogP contribution in [0, 0.1) is 0 Å². The molecule has 21 heavy (non-hydrogen) atoms. The van der Waals surface area contributed by atoms with Crippen LogP contribution in [0.4, 0.5) is 0 Å². The van der Waals surface area contributed by atoms with Crippen molar-refractivity contribution in [2.45, 2.75) is 32.6 Å². The molecule has 0 fully saturated rings. The fourth-order valence-electron chi connectivity index (χ4n) is 1.65. The SMILES string of the molecule is COC(=O)/C=C/CCNC(=O)c1cc(C(C)(C)C)nn1C. The number of hydrogen-bond acceptors (Lipinski definition) is 4. The number of nitrogens with zero attached hydrogens (tertiary/aromatic N) is 2. The highest BCUT2D eigenvalue weighted by Crippen LogP contribution is 2.21. The summed E-state index contributed by atoms with van der Waals surface area (Å²) in [4.78, 5) is 22.9. The summed E-state index contributed by atoms with van der Waals surface area (Å²) >= 11 is 0. The van der Waals surface area contributed by atoms with Crippen molar-refractivity contribution in [3.63, 3.8) is 0 Å². The van der Waals surface area contributed by atoms with Crippen molar-refractivity contribution < 1.29 is 14.3 Å². The Morgan fingerprint density at radius 1 is 1.43 bits per heavy atom. The maximum absolute atomic E-state index is 12.1. The van der Waals surface area contributed by atoms with Gasteiger partial charge in [-0.25, -0.2) is 4.79 Å². The van der Waals surface area contributed by atoms with Gasteiger partial charge in [0.15, 0.2) is 0 Å². The van der Waals surface area contributed by atoms with Gasteiger partial charge < -0.3 is 10.1 Å². The zero-order valence-electron chi connectivity index (χ0n) is 13.3. The molecule has 0 saturated carbocycles. The molecule has 0 saturated heterocycles. The van der Waals surface area contributed by atoms with Crippen LogP contribution < -0.4 is 5.32 Å². The molecule has 6 heteroatoms. The van der Waals surface area contributed by atoms with E-state index < -0.39 is 5.97 Å². The monoisotopic (exact) mass is 293 g/mol. The molecule has 0 atom stereocenters. The molecule has 116 valence electrons. The second kappa shape index (κ2) is 7.06. The van der Waals surface area contributed by atoms with Gasteiger partial charge in [0.2, 0.25) is 0 Å². The highest BCUT2D eigenvalue weighted by atomic mass is 16.5. The number of rotatable bonds is 5. The fraction of sp³-hybridized carbons (Fsp3) is 0.533. The third kappa shape index (κ3) is 5.06. The van der Waals surface area contributed by atoms with E-state index in [0.717, 1.165) is 5.69 Å². The minimum Gasteiger partial charge on any atom is -0.466 e. The molecule has 1 rings (SSSR count). The number of ether oxygens (including phenoxy) is 1. The molecule has 0 spiro atoms. The van der Waals surface area contributed by atoms with Gasteiger partial charge in [0, 0.05) is 25.1 Å². The molecule has 1 N–H and O–H groups in total. The van der Waals surface area contributed by atoms with E-state index in [1.165, 1.54) is 13.2 Å². The highest BCUT2D eigenvalue weighted by molar-refractivity contribution is 5.92. The van der Waals surface area contributed by atoms with Crippen LogP contribution >= 0.6 is 0 Å². The van der Waals surface area contributed by atoms with Crippen molar-refractivity contribution >= 4 is 11.9 Å². The smallest absolute Gasteiger partial charge is 0.330 e. The Hall–Kier alpha value is -2.11. The maximum Gasteiger partial charge on any atom is 0.330 e. The molecule has 0 aliphatic rings. The summed E-state index contributed by atoms with van der Waals surface area (Å²) in [5.41, 5.74) is 1.30. The van der Waals surface area contributed by atoms with E-state index in [2.05, 4.69) is 35.9 Å². The van der Waals surface area contributed by atoms with Gasteiger partial charge >= 0.3 is 5.97 Å². The Bertz CT molecular complexity index is 539. The van der Waals surface area contributed by atoms with Crippen molar-refractivity contribution in [3.8, 4) is 0 Å². The Morgan fingerprint density at radius 3 is 2.62 bits per heavy atom. The number of carbonyl (C=O) groups is 2. The van der Waals surface area contributed by atoms with E-state index in [1.807, 2.05) is 0 Å². The van der Waals surface area contributed by atoms with Crippen LogP contribution in [0.3, 0.4) is 0 Å².